The van der Waals surface area contributed by atoms with Crippen molar-refractivity contribution in [2.75, 3.05) is 33.4 Å². The first-order chi connectivity index (χ1) is 20.5. The number of nitrogens with zero attached hydrogens (tertiary/aromatic N) is 1. The van der Waals surface area contributed by atoms with E-state index in [1.807, 2.05) is 44.2 Å². The molecule has 3 atom stereocenters. The summed E-state index contributed by atoms with van der Waals surface area (Å²) >= 11 is 6.33. The van der Waals surface area contributed by atoms with Crippen LogP contribution in [0.3, 0.4) is 0 Å². The summed E-state index contributed by atoms with van der Waals surface area (Å²) in [6.07, 6.45) is -0.343. The number of aliphatic hydroxyl groups excluding tert-OH is 1. The number of ether oxygens (including phenoxy) is 3. The zero-order valence-corrected chi connectivity index (χ0v) is 26.2. The van der Waals surface area contributed by atoms with E-state index in [-0.39, 0.29) is 42.0 Å². The molecule has 1 heterocycles. The van der Waals surface area contributed by atoms with Gasteiger partial charge in [0, 0.05) is 30.1 Å². The molecule has 1 amide bonds. The van der Waals surface area contributed by atoms with Gasteiger partial charge in [-0.2, -0.15) is 4.31 Å². The molecule has 2 N–H and O–H groups in total. The Bertz CT molecular complexity index is 1450. The van der Waals surface area contributed by atoms with Crippen LogP contribution in [0.25, 0.3) is 0 Å². The zero-order valence-electron chi connectivity index (χ0n) is 24.6. The van der Waals surface area contributed by atoms with Gasteiger partial charge in [0.25, 0.3) is 5.91 Å². The first-order valence-corrected chi connectivity index (χ1v) is 16.1. The molecule has 11 heteroatoms. The molecule has 3 aromatic rings. The minimum atomic E-state index is -3.97. The van der Waals surface area contributed by atoms with E-state index in [0.29, 0.717) is 29.7 Å². The van der Waals surface area contributed by atoms with E-state index in [1.54, 1.807) is 24.3 Å². The quantitative estimate of drug-likeness (QED) is 0.268. The van der Waals surface area contributed by atoms with Gasteiger partial charge in [0.1, 0.15) is 17.6 Å². The average Bonchev–Trinajstić information content (AvgIpc) is 3.49. The summed E-state index contributed by atoms with van der Waals surface area (Å²) in [5, 5.41) is 14.8. The Morgan fingerprint density at radius 1 is 1.07 bits per heavy atom. The van der Waals surface area contributed by atoms with Crippen LogP contribution in [0.5, 0.6) is 11.5 Å². The van der Waals surface area contributed by atoms with Crippen LogP contribution >= 0.6 is 11.6 Å². The highest BCUT2D eigenvalue weighted by Crippen LogP contribution is 2.25. The molecule has 232 valence electrons. The lowest BCUT2D eigenvalue weighted by molar-refractivity contribution is 0.0775. The summed E-state index contributed by atoms with van der Waals surface area (Å²) in [4.78, 5) is 13.6. The molecule has 0 unspecified atom stereocenters. The number of nitrogens with one attached hydrogen (secondary N) is 1. The predicted molar refractivity (Wildman–Crippen MR) is 165 cm³/mol. The normalized spacial score (nSPS) is 16.7. The molecule has 0 saturated carbocycles. The fourth-order valence-electron chi connectivity index (χ4n) is 4.87. The lowest BCUT2D eigenvalue weighted by atomic mass is 10.00. The number of sulfonamides is 1. The second kappa shape index (κ2) is 15.0. The average molecular weight is 631 g/mol. The lowest BCUT2D eigenvalue weighted by Crippen LogP contribution is -2.51. The topological polar surface area (TPSA) is 114 Å². The van der Waals surface area contributed by atoms with E-state index in [0.717, 1.165) is 12.0 Å². The van der Waals surface area contributed by atoms with Gasteiger partial charge in [-0.25, -0.2) is 8.42 Å². The van der Waals surface area contributed by atoms with E-state index in [4.69, 9.17) is 25.8 Å². The highest BCUT2D eigenvalue weighted by atomic mass is 35.5. The molecule has 0 aliphatic carbocycles. The number of methoxy groups -OCH3 is 1. The van der Waals surface area contributed by atoms with Crippen LogP contribution in [0.1, 0.15) is 36.2 Å². The van der Waals surface area contributed by atoms with Crippen molar-refractivity contribution in [2.45, 2.75) is 49.8 Å². The summed E-state index contributed by atoms with van der Waals surface area (Å²) in [6, 6.07) is 19.5. The van der Waals surface area contributed by atoms with Crippen LogP contribution in [0.15, 0.2) is 77.7 Å². The molecule has 1 aliphatic heterocycles. The standard InChI is InChI=1S/C32H39ClN2O7S/c1-22(2)19-35(43(38,39)29-11-9-26(40-3)10-12-29)20-31(36)30(15-23-7-5-4-6-8-23)34-32(37)24-16-25(33)18-28(17-24)42-27-13-14-41-21-27/h4-12,16-18,22,27,30-31,36H,13-15,19-21H2,1-3H3,(H,34,37)/t27-,30-,31+/m0/s1. The maximum atomic E-state index is 13.7. The molecule has 3 aromatic carbocycles. The van der Waals surface area contributed by atoms with Gasteiger partial charge in [-0.15, -0.1) is 0 Å². The molecule has 43 heavy (non-hydrogen) atoms. The maximum absolute atomic E-state index is 13.7. The van der Waals surface area contributed by atoms with Crippen LogP contribution in [0.4, 0.5) is 0 Å². The number of hydrogen-bond donors (Lipinski definition) is 2. The van der Waals surface area contributed by atoms with Gasteiger partial charge in [0.05, 0.1) is 37.4 Å². The summed E-state index contributed by atoms with van der Waals surface area (Å²) in [6.45, 7) is 4.84. The summed E-state index contributed by atoms with van der Waals surface area (Å²) in [5.74, 6) is 0.495. The summed E-state index contributed by atoms with van der Waals surface area (Å²) in [5.41, 5.74) is 1.13. The van der Waals surface area contributed by atoms with Gasteiger partial charge in [-0.05, 0) is 60.4 Å². The van der Waals surface area contributed by atoms with Crippen molar-refractivity contribution in [3.8, 4) is 11.5 Å². The van der Waals surface area contributed by atoms with Crippen LogP contribution in [-0.2, 0) is 21.2 Å². The fraction of sp³-hybridized carbons (Fsp3) is 0.406. The minimum absolute atomic E-state index is 0.0162. The maximum Gasteiger partial charge on any atom is 0.251 e. The Labute approximate surface area is 258 Å². The molecule has 9 nitrogen and oxygen atoms in total. The first-order valence-electron chi connectivity index (χ1n) is 14.3. The number of amides is 1. The number of rotatable bonds is 14. The van der Waals surface area contributed by atoms with E-state index >= 15 is 0 Å². The summed E-state index contributed by atoms with van der Waals surface area (Å²) < 4.78 is 45.2. The van der Waals surface area contributed by atoms with Gasteiger partial charge < -0.3 is 24.6 Å². The second-order valence-electron chi connectivity index (χ2n) is 11.0. The molecule has 1 aliphatic rings. The van der Waals surface area contributed by atoms with E-state index in [1.165, 1.54) is 29.6 Å². The van der Waals surface area contributed by atoms with E-state index in [9.17, 15) is 18.3 Å². The Kier molecular flexibility index (Phi) is 11.5. The summed E-state index contributed by atoms with van der Waals surface area (Å²) in [7, 11) is -2.46. The van der Waals surface area contributed by atoms with Gasteiger partial charge in [-0.1, -0.05) is 55.8 Å². The lowest BCUT2D eigenvalue weighted by Gasteiger charge is -2.31. The van der Waals surface area contributed by atoms with E-state index in [2.05, 4.69) is 5.32 Å². The van der Waals surface area contributed by atoms with Crippen molar-refractivity contribution in [2.24, 2.45) is 5.92 Å². The van der Waals surface area contributed by atoms with Gasteiger partial charge in [0.15, 0.2) is 0 Å². The third-order valence-electron chi connectivity index (χ3n) is 7.06. The van der Waals surface area contributed by atoms with Crippen LogP contribution in [-0.4, -0.2) is 75.4 Å². The van der Waals surface area contributed by atoms with Crippen molar-refractivity contribution >= 4 is 27.5 Å². The highest BCUT2D eigenvalue weighted by Gasteiger charge is 2.32. The molecular formula is C32H39ClN2O7S. The molecule has 1 fully saturated rings. The Hall–Kier alpha value is -3.15. The van der Waals surface area contributed by atoms with Gasteiger partial charge in [0.2, 0.25) is 10.0 Å². The molecule has 1 saturated heterocycles. The second-order valence-corrected chi connectivity index (χ2v) is 13.4. The molecule has 4 rings (SSSR count). The van der Waals surface area contributed by atoms with Crippen molar-refractivity contribution < 1.29 is 32.5 Å². The van der Waals surface area contributed by atoms with Crippen molar-refractivity contribution in [1.82, 2.24) is 9.62 Å². The molecule has 0 radical (unpaired) electrons. The third kappa shape index (κ3) is 9.17. The Morgan fingerprint density at radius 2 is 1.79 bits per heavy atom. The predicted octanol–water partition coefficient (Wildman–Crippen LogP) is 4.57. The largest absolute Gasteiger partial charge is 0.497 e. The fourth-order valence-corrected chi connectivity index (χ4v) is 6.72. The molecule has 0 aromatic heterocycles. The van der Waals surface area contributed by atoms with Crippen molar-refractivity contribution in [3.05, 3.63) is 88.9 Å². The van der Waals surface area contributed by atoms with Crippen LogP contribution in [0.2, 0.25) is 5.02 Å². The Morgan fingerprint density at radius 3 is 2.42 bits per heavy atom. The number of benzene rings is 3. The van der Waals surface area contributed by atoms with Gasteiger partial charge >= 0.3 is 0 Å². The molecule has 0 spiro atoms. The monoisotopic (exact) mass is 630 g/mol. The van der Waals surface area contributed by atoms with Crippen molar-refractivity contribution in [1.29, 1.82) is 0 Å². The zero-order chi connectivity index (χ0) is 31.0. The SMILES string of the molecule is COc1ccc(S(=O)(=O)N(CC(C)C)C[C@@H](O)[C@H](Cc2ccccc2)NC(=O)c2cc(Cl)cc(O[C@H]3CCOC3)c2)cc1. The Balaban J connectivity index is 1.58. The number of carbonyl (C=O) groups excluding carboxylic acids is 1. The van der Waals surface area contributed by atoms with Gasteiger partial charge in [-0.3, -0.25) is 4.79 Å². The first kappa shape index (κ1) is 32.8. The third-order valence-corrected chi connectivity index (χ3v) is 9.12. The molecule has 0 bridgehead atoms. The minimum Gasteiger partial charge on any atom is -0.497 e. The highest BCUT2D eigenvalue weighted by molar-refractivity contribution is 7.89. The van der Waals surface area contributed by atoms with Crippen molar-refractivity contribution in [3.63, 3.8) is 0 Å². The van der Waals surface area contributed by atoms with Crippen LogP contribution < -0.4 is 14.8 Å². The number of carbonyl (C=O) groups is 1. The smallest absolute Gasteiger partial charge is 0.251 e. The number of hydrogen-bond acceptors (Lipinski definition) is 7. The molecular weight excluding hydrogens is 592 g/mol. The number of aliphatic hydroxyl groups is 1. The van der Waals surface area contributed by atoms with Crippen LogP contribution in [0, 0.1) is 5.92 Å². The number of halogens is 1. The van der Waals surface area contributed by atoms with E-state index < -0.39 is 28.1 Å².